The molecular formula is C37H45ClF2N2O. The maximum absolute atomic E-state index is 13.5. The van der Waals surface area contributed by atoms with E-state index >= 15 is 0 Å². The van der Waals surface area contributed by atoms with Gasteiger partial charge < -0.3 is 4.74 Å². The molecule has 0 spiro atoms. The van der Waals surface area contributed by atoms with Gasteiger partial charge in [0.25, 0.3) is 5.92 Å². The Bertz CT molecular complexity index is 1450. The standard InChI is InChI=1S/C37H45ClF2N2O/c1-26-21-36(35(38)22-32(26)23-42-19-8-5-11-27(42)2)43-24-31-14-10-16-34(29(31)4)33-15-9-13-30(28(33)3)12-6-7-18-41-20-17-37(39,40)25-41/h6,9-10,12-16,21-22,27H,5,7-8,11,17-20,23-25H2,1-4H3/b12-6+/t27-/m1/s1. The lowest BCUT2D eigenvalue weighted by Gasteiger charge is -2.33. The number of ether oxygens (including phenoxy) is 1. The molecule has 3 nitrogen and oxygen atoms in total. The fourth-order valence-electron chi connectivity index (χ4n) is 6.47. The van der Waals surface area contributed by atoms with E-state index in [0.29, 0.717) is 30.8 Å². The average Bonchev–Trinajstić information content (AvgIpc) is 3.33. The van der Waals surface area contributed by atoms with Crippen LogP contribution in [0.1, 0.15) is 72.4 Å². The monoisotopic (exact) mass is 606 g/mol. The fraction of sp³-hybridized carbons (Fsp3) is 0.459. The topological polar surface area (TPSA) is 15.7 Å². The molecule has 0 aromatic heterocycles. The van der Waals surface area contributed by atoms with E-state index in [4.69, 9.17) is 16.3 Å². The summed E-state index contributed by atoms with van der Waals surface area (Å²) in [6, 6.07) is 17.5. The first kappa shape index (κ1) is 31.7. The smallest absolute Gasteiger partial charge is 0.261 e. The largest absolute Gasteiger partial charge is 0.487 e. The number of benzene rings is 3. The Balaban J connectivity index is 1.25. The Hall–Kier alpha value is -2.73. The second-order valence-electron chi connectivity index (χ2n) is 12.5. The molecule has 0 N–H and O–H groups in total. The SMILES string of the molecule is Cc1cc(OCc2cccc(-c3cccc(/C=C/CCN4CCC(F)(F)C4)c3C)c2C)c(Cl)cc1CN1CCCC[C@H]1C. The molecule has 6 heteroatoms. The summed E-state index contributed by atoms with van der Waals surface area (Å²) in [7, 11) is 0. The third kappa shape index (κ3) is 7.87. The fourth-order valence-corrected chi connectivity index (χ4v) is 6.71. The van der Waals surface area contributed by atoms with Gasteiger partial charge in [-0.25, -0.2) is 8.78 Å². The average molecular weight is 607 g/mol. The molecule has 0 radical (unpaired) electrons. The molecule has 3 aromatic carbocycles. The Morgan fingerprint density at radius 3 is 2.49 bits per heavy atom. The number of rotatable bonds is 10. The predicted molar refractivity (Wildman–Crippen MR) is 175 cm³/mol. The van der Waals surface area contributed by atoms with E-state index in [-0.39, 0.29) is 13.0 Å². The highest BCUT2D eigenvalue weighted by atomic mass is 35.5. The van der Waals surface area contributed by atoms with E-state index in [2.05, 4.69) is 93.3 Å². The minimum absolute atomic E-state index is 0.0292. The first-order valence-electron chi connectivity index (χ1n) is 15.7. The zero-order valence-corrected chi connectivity index (χ0v) is 26.8. The van der Waals surface area contributed by atoms with E-state index in [1.807, 2.05) is 4.90 Å². The molecular weight excluding hydrogens is 562 g/mol. The van der Waals surface area contributed by atoms with Gasteiger partial charge in [-0.15, -0.1) is 0 Å². The van der Waals surface area contributed by atoms with Crippen molar-refractivity contribution in [3.8, 4) is 16.9 Å². The van der Waals surface area contributed by atoms with Crippen LogP contribution in [0, 0.1) is 20.8 Å². The van der Waals surface area contributed by atoms with Crippen LogP contribution in [-0.4, -0.2) is 47.9 Å². The highest BCUT2D eigenvalue weighted by Gasteiger charge is 2.37. The summed E-state index contributed by atoms with van der Waals surface area (Å²) < 4.78 is 33.3. The summed E-state index contributed by atoms with van der Waals surface area (Å²) in [6.07, 6.45) is 8.79. The normalized spacial score (nSPS) is 19.4. The number of nitrogens with zero attached hydrogens (tertiary/aromatic N) is 2. The highest BCUT2D eigenvalue weighted by Crippen LogP contribution is 2.34. The lowest BCUT2D eigenvalue weighted by Crippen LogP contribution is -2.36. The minimum atomic E-state index is -2.53. The molecule has 43 heavy (non-hydrogen) atoms. The van der Waals surface area contributed by atoms with E-state index in [1.54, 1.807) is 0 Å². The molecule has 0 saturated carbocycles. The molecule has 0 unspecified atom stereocenters. The maximum Gasteiger partial charge on any atom is 0.261 e. The van der Waals surface area contributed by atoms with Crippen LogP contribution in [0.2, 0.25) is 5.02 Å². The van der Waals surface area contributed by atoms with Crippen LogP contribution in [0.3, 0.4) is 0 Å². The number of hydrogen-bond donors (Lipinski definition) is 0. The lowest BCUT2D eigenvalue weighted by atomic mass is 9.91. The van der Waals surface area contributed by atoms with Crippen molar-refractivity contribution >= 4 is 17.7 Å². The third-order valence-corrected chi connectivity index (χ3v) is 9.65. The zero-order chi connectivity index (χ0) is 30.6. The minimum Gasteiger partial charge on any atom is -0.487 e. The second kappa shape index (κ2) is 13.9. The molecule has 2 aliphatic rings. The number of hydrogen-bond acceptors (Lipinski definition) is 3. The molecule has 3 aromatic rings. The van der Waals surface area contributed by atoms with E-state index in [0.717, 1.165) is 36.4 Å². The molecule has 0 aliphatic carbocycles. The summed E-state index contributed by atoms with van der Waals surface area (Å²) in [5.41, 5.74) is 9.50. The molecule has 2 aliphatic heterocycles. The van der Waals surface area contributed by atoms with Crippen molar-refractivity contribution in [1.82, 2.24) is 9.80 Å². The Morgan fingerprint density at radius 2 is 1.74 bits per heavy atom. The van der Waals surface area contributed by atoms with Crippen molar-refractivity contribution in [2.75, 3.05) is 26.2 Å². The molecule has 2 heterocycles. The van der Waals surface area contributed by atoms with Gasteiger partial charge in [0, 0.05) is 32.1 Å². The molecule has 2 fully saturated rings. The van der Waals surface area contributed by atoms with Crippen LogP contribution in [0.25, 0.3) is 17.2 Å². The van der Waals surface area contributed by atoms with Crippen molar-refractivity contribution in [2.45, 2.75) is 84.9 Å². The van der Waals surface area contributed by atoms with Crippen molar-refractivity contribution in [1.29, 1.82) is 0 Å². The van der Waals surface area contributed by atoms with Gasteiger partial charge >= 0.3 is 0 Å². The quantitative estimate of drug-likeness (QED) is 0.228. The van der Waals surface area contributed by atoms with Crippen molar-refractivity contribution in [3.05, 3.63) is 93.0 Å². The molecule has 230 valence electrons. The van der Waals surface area contributed by atoms with Gasteiger partial charge in [-0.1, -0.05) is 66.6 Å². The highest BCUT2D eigenvalue weighted by molar-refractivity contribution is 6.32. The molecule has 0 bridgehead atoms. The number of halogens is 3. The van der Waals surface area contributed by atoms with Gasteiger partial charge in [-0.3, -0.25) is 9.80 Å². The summed E-state index contributed by atoms with van der Waals surface area (Å²) in [5.74, 6) is -1.81. The van der Waals surface area contributed by atoms with E-state index < -0.39 is 5.92 Å². The zero-order valence-electron chi connectivity index (χ0n) is 26.1. The van der Waals surface area contributed by atoms with Crippen molar-refractivity contribution < 1.29 is 13.5 Å². The number of aryl methyl sites for hydroxylation is 1. The Kier molecular flexibility index (Phi) is 10.3. The van der Waals surface area contributed by atoms with E-state index in [1.165, 1.54) is 52.6 Å². The van der Waals surface area contributed by atoms with Gasteiger partial charge in [0.05, 0.1) is 11.6 Å². The van der Waals surface area contributed by atoms with Crippen molar-refractivity contribution in [3.63, 3.8) is 0 Å². The molecule has 0 amide bonds. The first-order chi connectivity index (χ1) is 20.6. The third-order valence-electron chi connectivity index (χ3n) is 9.36. The van der Waals surface area contributed by atoms with Crippen LogP contribution in [-0.2, 0) is 13.2 Å². The van der Waals surface area contributed by atoms with Gasteiger partial charge in [0.15, 0.2) is 0 Å². The molecule has 5 rings (SSSR count). The summed E-state index contributed by atoms with van der Waals surface area (Å²) in [6.45, 7) is 12.3. The van der Waals surface area contributed by atoms with Crippen LogP contribution in [0.15, 0.2) is 54.6 Å². The number of alkyl halides is 2. The number of piperidine rings is 1. The van der Waals surface area contributed by atoms with Crippen LogP contribution in [0.4, 0.5) is 8.78 Å². The summed E-state index contributed by atoms with van der Waals surface area (Å²) >= 11 is 6.74. The predicted octanol–water partition coefficient (Wildman–Crippen LogP) is 9.63. The van der Waals surface area contributed by atoms with Gasteiger partial charge in [-0.05, 0) is 110 Å². The van der Waals surface area contributed by atoms with Crippen molar-refractivity contribution in [2.24, 2.45) is 0 Å². The maximum atomic E-state index is 13.5. The Labute approximate surface area is 261 Å². The summed E-state index contributed by atoms with van der Waals surface area (Å²) in [5, 5.41) is 0.660. The molecule has 2 saturated heterocycles. The van der Waals surface area contributed by atoms with Crippen LogP contribution >= 0.6 is 11.6 Å². The van der Waals surface area contributed by atoms with Gasteiger partial charge in [0.2, 0.25) is 0 Å². The lowest BCUT2D eigenvalue weighted by molar-refractivity contribution is 0.0124. The first-order valence-corrected chi connectivity index (χ1v) is 16.1. The Morgan fingerprint density at radius 1 is 0.977 bits per heavy atom. The molecule has 1 atom stereocenters. The van der Waals surface area contributed by atoms with Gasteiger partial charge in [-0.2, -0.15) is 0 Å². The van der Waals surface area contributed by atoms with E-state index in [9.17, 15) is 8.78 Å². The van der Waals surface area contributed by atoms with Gasteiger partial charge in [0.1, 0.15) is 12.4 Å². The van der Waals surface area contributed by atoms with Crippen LogP contribution in [0.5, 0.6) is 5.75 Å². The second-order valence-corrected chi connectivity index (χ2v) is 12.9. The summed E-state index contributed by atoms with van der Waals surface area (Å²) in [4.78, 5) is 4.41. The number of likely N-dealkylation sites (tertiary alicyclic amines) is 2. The van der Waals surface area contributed by atoms with Crippen LogP contribution < -0.4 is 4.74 Å².